The largest absolute Gasteiger partial charge is 0.271 e. The predicted octanol–water partition coefficient (Wildman–Crippen LogP) is 3.62. The summed E-state index contributed by atoms with van der Waals surface area (Å²) in [7, 11) is 0. The van der Waals surface area contributed by atoms with Crippen molar-refractivity contribution in [2.24, 2.45) is 5.84 Å². The number of nitrogens with one attached hydrogen (secondary N) is 1. The first kappa shape index (κ1) is 15.5. The van der Waals surface area contributed by atoms with Crippen molar-refractivity contribution in [2.45, 2.75) is 30.7 Å². The standard InChI is InChI=1S/C15H19FN2S2/c1-2-13-6-7-15(20-13)9-12(18-17)10-19-14-5-3-4-11(16)8-14/h3-8,12,18H,2,9-10,17H2,1H3. The number of halogens is 1. The van der Waals surface area contributed by atoms with Gasteiger partial charge in [-0.3, -0.25) is 11.3 Å². The van der Waals surface area contributed by atoms with Gasteiger partial charge in [-0.15, -0.1) is 23.1 Å². The number of thiophene rings is 1. The van der Waals surface area contributed by atoms with Crippen LogP contribution in [0.25, 0.3) is 0 Å². The summed E-state index contributed by atoms with van der Waals surface area (Å²) < 4.78 is 13.1. The molecule has 0 bridgehead atoms. The molecule has 2 aromatic rings. The molecule has 2 rings (SSSR count). The van der Waals surface area contributed by atoms with E-state index >= 15 is 0 Å². The lowest BCUT2D eigenvalue weighted by Crippen LogP contribution is -2.38. The molecule has 0 amide bonds. The SMILES string of the molecule is CCc1ccc(CC(CSc2cccc(F)c2)NN)s1. The van der Waals surface area contributed by atoms with Crippen molar-refractivity contribution >= 4 is 23.1 Å². The number of rotatable bonds is 7. The Morgan fingerprint density at radius 2 is 2.10 bits per heavy atom. The minimum absolute atomic E-state index is 0.187. The van der Waals surface area contributed by atoms with Gasteiger partial charge in [-0.05, 0) is 43.2 Å². The smallest absolute Gasteiger partial charge is 0.124 e. The summed E-state index contributed by atoms with van der Waals surface area (Å²) in [5.41, 5.74) is 2.85. The maximum Gasteiger partial charge on any atom is 0.124 e. The van der Waals surface area contributed by atoms with Crippen LogP contribution < -0.4 is 11.3 Å². The van der Waals surface area contributed by atoms with Crippen LogP contribution in [0.1, 0.15) is 16.7 Å². The maximum absolute atomic E-state index is 13.1. The van der Waals surface area contributed by atoms with Crippen LogP contribution in [0.4, 0.5) is 4.39 Å². The van der Waals surface area contributed by atoms with E-state index in [1.165, 1.54) is 15.8 Å². The zero-order valence-corrected chi connectivity index (χ0v) is 13.1. The molecule has 0 aliphatic heterocycles. The zero-order valence-electron chi connectivity index (χ0n) is 11.4. The summed E-state index contributed by atoms with van der Waals surface area (Å²) in [4.78, 5) is 3.67. The van der Waals surface area contributed by atoms with Gasteiger partial charge in [0.05, 0.1) is 0 Å². The van der Waals surface area contributed by atoms with E-state index in [0.717, 1.165) is 23.5 Å². The van der Waals surface area contributed by atoms with E-state index in [9.17, 15) is 4.39 Å². The second-order valence-electron chi connectivity index (χ2n) is 4.56. The van der Waals surface area contributed by atoms with Crippen molar-refractivity contribution in [1.29, 1.82) is 0 Å². The lowest BCUT2D eigenvalue weighted by atomic mass is 10.2. The average molecular weight is 310 g/mol. The first-order valence-electron chi connectivity index (χ1n) is 6.63. The summed E-state index contributed by atoms with van der Waals surface area (Å²) in [6.07, 6.45) is 1.98. The number of benzene rings is 1. The topological polar surface area (TPSA) is 38.0 Å². The van der Waals surface area contributed by atoms with Crippen LogP contribution in [0.5, 0.6) is 0 Å². The van der Waals surface area contributed by atoms with E-state index in [0.29, 0.717) is 0 Å². The van der Waals surface area contributed by atoms with Gasteiger partial charge in [0, 0.05) is 26.4 Å². The highest BCUT2D eigenvalue weighted by molar-refractivity contribution is 7.99. The Labute approximate surface area is 127 Å². The van der Waals surface area contributed by atoms with Gasteiger partial charge in [-0.1, -0.05) is 13.0 Å². The Balaban J connectivity index is 1.89. The average Bonchev–Trinajstić information content (AvgIpc) is 2.91. The lowest BCUT2D eigenvalue weighted by molar-refractivity contribution is 0.579. The Bertz CT molecular complexity index is 542. The molecule has 1 aromatic heterocycles. The van der Waals surface area contributed by atoms with Gasteiger partial charge in [0.25, 0.3) is 0 Å². The van der Waals surface area contributed by atoms with Crippen molar-refractivity contribution in [3.05, 3.63) is 52.0 Å². The second kappa shape index (κ2) is 7.78. The van der Waals surface area contributed by atoms with Crippen LogP contribution in [0, 0.1) is 5.82 Å². The highest BCUT2D eigenvalue weighted by Gasteiger charge is 2.10. The van der Waals surface area contributed by atoms with Gasteiger partial charge in [-0.25, -0.2) is 4.39 Å². The molecular weight excluding hydrogens is 291 g/mol. The molecule has 1 heterocycles. The maximum atomic E-state index is 13.1. The summed E-state index contributed by atoms with van der Waals surface area (Å²) in [5.74, 6) is 6.24. The minimum Gasteiger partial charge on any atom is -0.271 e. The van der Waals surface area contributed by atoms with Gasteiger partial charge in [0.1, 0.15) is 5.82 Å². The third kappa shape index (κ3) is 4.59. The van der Waals surface area contributed by atoms with Gasteiger partial charge in [0.2, 0.25) is 0 Å². The molecule has 1 unspecified atom stereocenters. The molecule has 0 saturated heterocycles. The molecule has 0 aliphatic rings. The first-order valence-corrected chi connectivity index (χ1v) is 8.43. The molecule has 3 N–H and O–H groups in total. The van der Waals surface area contributed by atoms with Gasteiger partial charge in [0.15, 0.2) is 0 Å². The summed E-state index contributed by atoms with van der Waals surface area (Å²) in [6, 6.07) is 11.2. The molecule has 108 valence electrons. The number of hydrazine groups is 1. The van der Waals surface area contributed by atoms with E-state index in [1.54, 1.807) is 23.9 Å². The number of aryl methyl sites for hydroxylation is 1. The Morgan fingerprint density at radius 1 is 1.30 bits per heavy atom. The molecule has 1 atom stereocenters. The molecule has 1 aromatic carbocycles. The van der Waals surface area contributed by atoms with Crippen LogP contribution in [0.15, 0.2) is 41.3 Å². The van der Waals surface area contributed by atoms with Crippen LogP contribution in [0.2, 0.25) is 0 Å². The van der Waals surface area contributed by atoms with Crippen molar-refractivity contribution in [3.63, 3.8) is 0 Å². The van der Waals surface area contributed by atoms with Crippen LogP contribution in [-0.2, 0) is 12.8 Å². The van der Waals surface area contributed by atoms with E-state index in [4.69, 9.17) is 5.84 Å². The summed E-state index contributed by atoms with van der Waals surface area (Å²) in [6.45, 7) is 2.16. The van der Waals surface area contributed by atoms with E-state index in [-0.39, 0.29) is 11.9 Å². The quantitative estimate of drug-likeness (QED) is 0.466. The molecule has 0 spiro atoms. The Kier molecular flexibility index (Phi) is 6.04. The zero-order chi connectivity index (χ0) is 14.4. The number of nitrogens with two attached hydrogens (primary N) is 1. The lowest BCUT2D eigenvalue weighted by Gasteiger charge is -2.14. The van der Waals surface area contributed by atoms with Crippen LogP contribution >= 0.6 is 23.1 Å². The van der Waals surface area contributed by atoms with Crippen LogP contribution in [0.3, 0.4) is 0 Å². The molecule has 0 radical (unpaired) electrons. The summed E-state index contributed by atoms with van der Waals surface area (Å²) >= 11 is 3.46. The third-order valence-corrected chi connectivity index (χ3v) is 5.40. The van der Waals surface area contributed by atoms with E-state index < -0.39 is 0 Å². The van der Waals surface area contributed by atoms with Gasteiger partial charge >= 0.3 is 0 Å². The molecule has 20 heavy (non-hydrogen) atoms. The Morgan fingerprint density at radius 3 is 2.75 bits per heavy atom. The van der Waals surface area contributed by atoms with Crippen molar-refractivity contribution in [3.8, 4) is 0 Å². The van der Waals surface area contributed by atoms with Crippen molar-refractivity contribution in [1.82, 2.24) is 5.43 Å². The minimum atomic E-state index is -0.196. The summed E-state index contributed by atoms with van der Waals surface area (Å²) in [5, 5.41) is 0. The van der Waals surface area contributed by atoms with E-state index in [2.05, 4.69) is 24.5 Å². The molecule has 0 fully saturated rings. The molecule has 0 saturated carbocycles. The van der Waals surface area contributed by atoms with Gasteiger partial charge in [-0.2, -0.15) is 0 Å². The molecule has 5 heteroatoms. The Hall–Kier alpha value is -0.880. The fourth-order valence-electron chi connectivity index (χ4n) is 1.88. The number of thioether (sulfide) groups is 1. The van der Waals surface area contributed by atoms with Crippen LogP contribution in [-0.4, -0.2) is 11.8 Å². The van der Waals surface area contributed by atoms with Crippen molar-refractivity contribution < 1.29 is 4.39 Å². The molecular formula is C15H19FN2S2. The van der Waals surface area contributed by atoms with E-state index in [1.807, 2.05) is 17.4 Å². The monoisotopic (exact) mass is 310 g/mol. The highest BCUT2D eigenvalue weighted by Crippen LogP contribution is 2.23. The highest BCUT2D eigenvalue weighted by atomic mass is 32.2. The number of hydrogen-bond donors (Lipinski definition) is 2. The fraction of sp³-hybridized carbons (Fsp3) is 0.333. The first-order chi connectivity index (χ1) is 9.71. The normalized spacial score (nSPS) is 12.6. The third-order valence-electron chi connectivity index (χ3n) is 3.00. The number of hydrogen-bond acceptors (Lipinski definition) is 4. The van der Waals surface area contributed by atoms with Crippen molar-refractivity contribution in [2.75, 3.05) is 5.75 Å². The van der Waals surface area contributed by atoms with Gasteiger partial charge < -0.3 is 0 Å². The fourth-order valence-corrected chi connectivity index (χ4v) is 3.90. The second-order valence-corrected chi connectivity index (χ2v) is 6.90. The molecule has 0 aliphatic carbocycles. The predicted molar refractivity (Wildman–Crippen MR) is 85.6 cm³/mol. The molecule has 2 nitrogen and oxygen atoms in total.